The van der Waals surface area contributed by atoms with Crippen molar-refractivity contribution in [2.24, 2.45) is 0 Å². The van der Waals surface area contributed by atoms with Crippen LogP contribution in [0.3, 0.4) is 0 Å². The summed E-state index contributed by atoms with van der Waals surface area (Å²) in [5, 5.41) is 13.3. The molecule has 1 aromatic carbocycles. The number of benzene rings is 1. The molecule has 0 amide bonds. The minimum atomic E-state index is 0.329. The molecule has 0 aromatic heterocycles. The Morgan fingerprint density at radius 1 is 1.25 bits per heavy atom. The number of hydrogen-bond donors (Lipinski definition) is 2. The van der Waals surface area contributed by atoms with Crippen molar-refractivity contribution in [2.45, 2.75) is 12.6 Å². The molecule has 0 aliphatic carbocycles. The van der Waals surface area contributed by atoms with Gasteiger partial charge in [-0.05, 0) is 6.07 Å². The summed E-state index contributed by atoms with van der Waals surface area (Å²) in [6.45, 7) is 7.49. The lowest BCUT2D eigenvalue weighted by Gasteiger charge is -2.43. The standard InChI is InChI=1S/C15H23N3O2/c1-20-14-3-2-12(15(19)8-14)11-17-4-6-18(7-5-17)13-9-16-10-13/h2-3,8,13,16,19H,4-7,9-11H2,1H3. The second kappa shape index (κ2) is 5.99. The summed E-state index contributed by atoms with van der Waals surface area (Å²) >= 11 is 0. The van der Waals surface area contributed by atoms with Crippen molar-refractivity contribution in [3.05, 3.63) is 23.8 Å². The monoisotopic (exact) mass is 277 g/mol. The molecule has 2 N–H and O–H groups in total. The van der Waals surface area contributed by atoms with Crippen LogP contribution < -0.4 is 10.1 Å². The largest absolute Gasteiger partial charge is 0.507 e. The van der Waals surface area contributed by atoms with Crippen LogP contribution in [0, 0.1) is 0 Å². The maximum Gasteiger partial charge on any atom is 0.123 e. The van der Waals surface area contributed by atoms with Crippen LogP contribution >= 0.6 is 0 Å². The van der Waals surface area contributed by atoms with Crippen LogP contribution in [0.5, 0.6) is 11.5 Å². The van der Waals surface area contributed by atoms with Gasteiger partial charge in [0.1, 0.15) is 11.5 Å². The zero-order valence-corrected chi connectivity index (χ0v) is 12.0. The van der Waals surface area contributed by atoms with Crippen molar-refractivity contribution in [2.75, 3.05) is 46.4 Å². The maximum atomic E-state index is 10.0. The molecule has 110 valence electrons. The van der Waals surface area contributed by atoms with Gasteiger partial charge in [-0.1, -0.05) is 6.07 Å². The molecule has 0 radical (unpaired) electrons. The normalized spacial score (nSPS) is 21.6. The molecule has 20 heavy (non-hydrogen) atoms. The van der Waals surface area contributed by atoms with E-state index in [9.17, 15) is 5.11 Å². The van der Waals surface area contributed by atoms with Gasteiger partial charge in [-0.25, -0.2) is 0 Å². The molecule has 0 spiro atoms. The van der Waals surface area contributed by atoms with E-state index in [2.05, 4.69) is 15.1 Å². The highest BCUT2D eigenvalue weighted by Gasteiger charge is 2.27. The smallest absolute Gasteiger partial charge is 0.123 e. The first-order valence-corrected chi connectivity index (χ1v) is 7.29. The Labute approximate surface area is 120 Å². The molecule has 5 nitrogen and oxygen atoms in total. The Bertz CT molecular complexity index is 454. The van der Waals surface area contributed by atoms with Gasteiger partial charge in [-0.15, -0.1) is 0 Å². The van der Waals surface area contributed by atoms with Crippen molar-refractivity contribution in [1.29, 1.82) is 0 Å². The molecular formula is C15H23N3O2. The Morgan fingerprint density at radius 3 is 2.55 bits per heavy atom. The van der Waals surface area contributed by atoms with Gasteiger partial charge < -0.3 is 15.2 Å². The summed E-state index contributed by atoms with van der Waals surface area (Å²) in [6.07, 6.45) is 0. The summed E-state index contributed by atoms with van der Waals surface area (Å²) in [4.78, 5) is 4.98. The fraction of sp³-hybridized carbons (Fsp3) is 0.600. The number of methoxy groups -OCH3 is 1. The number of aromatic hydroxyl groups is 1. The van der Waals surface area contributed by atoms with E-state index in [1.807, 2.05) is 12.1 Å². The van der Waals surface area contributed by atoms with Crippen LogP contribution in [0.15, 0.2) is 18.2 Å². The number of piperazine rings is 1. The molecule has 0 atom stereocenters. The van der Waals surface area contributed by atoms with Gasteiger partial charge in [-0.2, -0.15) is 0 Å². The number of ether oxygens (including phenoxy) is 1. The SMILES string of the molecule is COc1ccc(CN2CCN(C3CNC3)CC2)c(O)c1. The third-order valence-electron chi connectivity index (χ3n) is 4.37. The number of nitrogens with zero attached hydrogens (tertiary/aromatic N) is 2. The molecule has 5 heteroatoms. The second-order valence-corrected chi connectivity index (χ2v) is 5.62. The van der Waals surface area contributed by atoms with Crippen LogP contribution in [-0.4, -0.2) is 67.3 Å². The first kappa shape index (κ1) is 13.7. The van der Waals surface area contributed by atoms with Crippen molar-refractivity contribution >= 4 is 0 Å². The van der Waals surface area contributed by atoms with Crippen molar-refractivity contribution < 1.29 is 9.84 Å². The average Bonchev–Trinajstić information content (AvgIpc) is 2.41. The molecule has 2 aliphatic heterocycles. The lowest BCUT2D eigenvalue weighted by molar-refractivity contribution is 0.0692. The average molecular weight is 277 g/mol. The van der Waals surface area contributed by atoms with Crippen LogP contribution in [0.2, 0.25) is 0 Å². The van der Waals surface area contributed by atoms with E-state index in [0.717, 1.165) is 57.4 Å². The summed E-state index contributed by atoms with van der Waals surface area (Å²) in [7, 11) is 1.61. The van der Waals surface area contributed by atoms with Crippen LogP contribution in [-0.2, 0) is 6.54 Å². The van der Waals surface area contributed by atoms with E-state index in [-0.39, 0.29) is 0 Å². The quantitative estimate of drug-likeness (QED) is 0.839. The van der Waals surface area contributed by atoms with E-state index < -0.39 is 0 Å². The summed E-state index contributed by atoms with van der Waals surface area (Å²) in [5.41, 5.74) is 0.976. The van der Waals surface area contributed by atoms with Crippen LogP contribution in [0.4, 0.5) is 0 Å². The minimum absolute atomic E-state index is 0.329. The van der Waals surface area contributed by atoms with E-state index in [1.54, 1.807) is 13.2 Å². The minimum Gasteiger partial charge on any atom is -0.507 e. The van der Waals surface area contributed by atoms with Gasteiger partial charge >= 0.3 is 0 Å². The zero-order chi connectivity index (χ0) is 13.9. The second-order valence-electron chi connectivity index (χ2n) is 5.62. The molecule has 2 fully saturated rings. The summed E-state index contributed by atoms with van der Waals surface area (Å²) in [5.74, 6) is 1.03. The third kappa shape index (κ3) is 2.90. The van der Waals surface area contributed by atoms with Crippen LogP contribution in [0.1, 0.15) is 5.56 Å². The summed E-state index contributed by atoms with van der Waals surface area (Å²) < 4.78 is 5.11. The molecule has 3 rings (SSSR count). The Balaban J connectivity index is 1.53. The van der Waals surface area contributed by atoms with Gasteiger partial charge in [0.05, 0.1) is 7.11 Å². The molecule has 2 aliphatic rings. The Kier molecular flexibility index (Phi) is 4.10. The van der Waals surface area contributed by atoms with E-state index in [4.69, 9.17) is 4.74 Å². The predicted octanol–water partition coefficient (Wildman–Crippen LogP) is 0.490. The molecule has 0 bridgehead atoms. The molecule has 0 unspecified atom stereocenters. The molecule has 2 saturated heterocycles. The molecule has 0 saturated carbocycles. The number of rotatable bonds is 4. The maximum absolute atomic E-state index is 10.0. The van der Waals surface area contributed by atoms with Gasteiger partial charge in [0.2, 0.25) is 0 Å². The highest BCUT2D eigenvalue weighted by Crippen LogP contribution is 2.25. The van der Waals surface area contributed by atoms with Crippen molar-refractivity contribution in [3.63, 3.8) is 0 Å². The fourth-order valence-corrected chi connectivity index (χ4v) is 2.86. The highest BCUT2D eigenvalue weighted by atomic mass is 16.5. The van der Waals surface area contributed by atoms with Gasteiger partial charge in [0, 0.05) is 63.5 Å². The first-order chi connectivity index (χ1) is 9.76. The third-order valence-corrected chi connectivity index (χ3v) is 4.37. The van der Waals surface area contributed by atoms with Crippen molar-refractivity contribution in [1.82, 2.24) is 15.1 Å². The van der Waals surface area contributed by atoms with Crippen LogP contribution in [0.25, 0.3) is 0 Å². The zero-order valence-electron chi connectivity index (χ0n) is 12.0. The first-order valence-electron chi connectivity index (χ1n) is 7.29. The Hall–Kier alpha value is -1.30. The fourth-order valence-electron chi connectivity index (χ4n) is 2.86. The van der Waals surface area contributed by atoms with Gasteiger partial charge in [0.15, 0.2) is 0 Å². The van der Waals surface area contributed by atoms with E-state index in [0.29, 0.717) is 11.5 Å². The molecule has 2 heterocycles. The number of nitrogens with one attached hydrogen (secondary N) is 1. The topological polar surface area (TPSA) is 48.0 Å². The van der Waals surface area contributed by atoms with Gasteiger partial charge in [0.25, 0.3) is 0 Å². The van der Waals surface area contributed by atoms with E-state index >= 15 is 0 Å². The molecule has 1 aromatic rings. The number of hydrogen-bond acceptors (Lipinski definition) is 5. The number of phenols is 1. The van der Waals surface area contributed by atoms with Crippen molar-refractivity contribution in [3.8, 4) is 11.5 Å². The molecular weight excluding hydrogens is 254 g/mol. The van der Waals surface area contributed by atoms with Gasteiger partial charge in [-0.3, -0.25) is 9.80 Å². The highest BCUT2D eigenvalue weighted by molar-refractivity contribution is 5.39. The number of phenolic OH excluding ortho intramolecular Hbond substituents is 1. The van der Waals surface area contributed by atoms with E-state index in [1.165, 1.54) is 0 Å². The Morgan fingerprint density at radius 2 is 2.00 bits per heavy atom. The lowest BCUT2D eigenvalue weighted by atomic mass is 10.1. The summed E-state index contributed by atoms with van der Waals surface area (Å²) in [6, 6.07) is 6.29. The predicted molar refractivity (Wildman–Crippen MR) is 78.2 cm³/mol. The lowest BCUT2D eigenvalue weighted by Crippen LogP contribution is -2.61.